The smallest absolute Gasteiger partial charge is 0.153 e. The molecule has 5 nitrogen and oxygen atoms in total. The Bertz CT molecular complexity index is 479. The Labute approximate surface area is 112 Å². The minimum atomic E-state index is 0.489. The van der Waals surface area contributed by atoms with Crippen LogP contribution in [0.1, 0.15) is 17.7 Å². The minimum Gasteiger partial charge on any atom is -0.411 e. The van der Waals surface area contributed by atoms with Gasteiger partial charge in [0.2, 0.25) is 0 Å². The van der Waals surface area contributed by atoms with Gasteiger partial charge in [0, 0.05) is 48.1 Å². The molecule has 0 radical (unpaired) electrons. The van der Waals surface area contributed by atoms with Crippen LogP contribution in [0.4, 0.5) is 0 Å². The van der Waals surface area contributed by atoms with Crippen LogP contribution in [0.25, 0.3) is 0 Å². The van der Waals surface area contributed by atoms with Crippen molar-refractivity contribution in [3.8, 4) is 5.75 Å². The van der Waals surface area contributed by atoms with Gasteiger partial charge in [0.15, 0.2) is 5.75 Å². The molecular weight excluding hydrogens is 242 g/mol. The zero-order valence-corrected chi connectivity index (χ0v) is 11.0. The van der Waals surface area contributed by atoms with Gasteiger partial charge in [-0.2, -0.15) is 5.90 Å². The summed E-state index contributed by atoms with van der Waals surface area (Å²) in [5.41, 5.74) is 2.84. The highest BCUT2D eigenvalue weighted by atomic mass is 16.6. The SMILES string of the molecule is NOc1ccnc2c1CC(N1CC3(COC3)C1)CC2. The summed E-state index contributed by atoms with van der Waals surface area (Å²) in [6.07, 6.45) is 5.00. The molecule has 1 aromatic rings. The molecule has 4 rings (SSSR count). The van der Waals surface area contributed by atoms with Crippen molar-refractivity contribution in [3.05, 3.63) is 23.5 Å². The topological polar surface area (TPSA) is 60.6 Å². The molecule has 19 heavy (non-hydrogen) atoms. The van der Waals surface area contributed by atoms with E-state index in [0.717, 1.165) is 37.5 Å². The second-order valence-corrected chi connectivity index (χ2v) is 6.15. The molecule has 0 saturated carbocycles. The number of hydrogen-bond acceptors (Lipinski definition) is 5. The van der Waals surface area contributed by atoms with Crippen LogP contribution >= 0.6 is 0 Å². The van der Waals surface area contributed by atoms with Gasteiger partial charge >= 0.3 is 0 Å². The number of likely N-dealkylation sites (tertiary alicyclic amines) is 1. The third kappa shape index (κ3) is 1.76. The maximum atomic E-state index is 5.36. The molecular formula is C14H19N3O2. The normalized spacial score (nSPS) is 28.4. The largest absolute Gasteiger partial charge is 0.411 e. The summed E-state index contributed by atoms with van der Waals surface area (Å²) in [6, 6.07) is 2.47. The van der Waals surface area contributed by atoms with Gasteiger partial charge < -0.3 is 9.57 Å². The second kappa shape index (κ2) is 4.16. The lowest BCUT2D eigenvalue weighted by atomic mass is 9.75. The molecule has 102 valence electrons. The average Bonchev–Trinajstić information content (AvgIpc) is 2.34. The molecule has 2 aliphatic heterocycles. The van der Waals surface area contributed by atoms with Gasteiger partial charge in [-0.05, 0) is 19.3 Å². The van der Waals surface area contributed by atoms with E-state index in [1.54, 1.807) is 6.20 Å². The quantitative estimate of drug-likeness (QED) is 0.787. The zero-order chi connectivity index (χ0) is 12.9. The predicted molar refractivity (Wildman–Crippen MR) is 69.7 cm³/mol. The van der Waals surface area contributed by atoms with E-state index in [-0.39, 0.29) is 0 Å². The lowest BCUT2D eigenvalue weighted by molar-refractivity contribution is -0.199. The van der Waals surface area contributed by atoms with E-state index in [1.807, 2.05) is 6.07 Å². The van der Waals surface area contributed by atoms with Crippen molar-refractivity contribution < 1.29 is 9.57 Å². The van der Waals surface area contributed by atoms with E-state index < -0.39 is 0 Å². The summed E-state index contributed by atoms with van der Waals surface area (Å²) in [6.45, 7) is 4.27. The lowest BCUT2D eigenvalue weighted by Crippen LogP contribution is -2.68. The van der Waals surface area contributed by atoms with Gasteiger partial charge in [0.25, 0.3) is 0 Å². The molecule has 3 aliphatic rings. The number of hydrogen-bond donors (Lipinski definition) is 1. The molecule has 0 aromatic carbocycles. The molecule has 2 fully saturated rings. The molecule has 1 atom stereocenters. The first-order valence-corrected chi connectivity index (χ1v) is 6.95. The summed E-state index contributed by atoms with van der Waals surface area (Å²) in [7, 11) is 0. The van der Waals surface area contributed by atoms with E-state index in [2.05, 4.69) is 9.88 Å². The minimum absolute atomic E-state index is 0.489. The third-order valence-corrected chi connectivity index (χ3v) is 4.79. The lowest BCUT2D eigenvalue weighted by Gasteiger charge is -2.58. The average molecular weight is 261 g/mol. The van der Waals surface area contributed by atoms with Crippen molar-refractivity contribution in [2.75, 3.05) is 26.3 Å². The van der Waals surface area contributed by atoms with Crippen LogP contribution in [-0.4, -0.2) is 42.2 Å². The standard InChI is InChI=1S/C14H19N3O2/c15-19-13-3-4-16-12-2-1-10(5-11(12)13)17-6-14(7-17)8-18-9-14/h3-4,10H,1-2,5-9,15H2. The molecule has 1 aromatic heterocycles. The fourth-order valence-electron chi connectivity index (χ4n) is 3.66. The third-order valence-electron chi connectivity index (χ3n) is 4.79. The monoisotopic (exact) mass is 261 g/mol. The molecule has 3 heterocycles. The number of nitrogens with two attached hydrogens (primary N) is 1. The Hall–Kier alpha value is -1.17. The summed E-state index contributed by atoms with van der Waals surface area (Å²) < 4.78 is 5.34. The van der Waals surface area contributed by atoms with Crippen LogP contribution < -0.4 is 10.7 Å². The van der Waals surface area contributed by atoms with E-state index in [0.29, 0.717) is 11.5 Å². The van der Waals surface area contributed by atoms with Crippen LogP contribution in [0, 0.1) is 5.41 Å². The first kappa shape index (κ1) is 11.6. The van der Waals surface area contributed by atoms with Crippen LogP contribution in [0.2, 0.25) is 0 Å². The molecule has 0 amide bonds. The number of aryl methyl sites for hydroxylation is 1. The van der Waals surface area contributed by atoms with Crippen LogP contribution in [0.5, 0.6) is 5.75 Å². The summed E-state index contributed by atoms with van der Waals surface area (Å²) in [4.78, 5) is 12.0. The highest BCUT2D eigenvalue weighted by Gasteiger charge is 2.50. The second-order valence-electron chi connectivity index (χ2n) is 6.15. The van der Waals surface area contributed by atoms with Gasteiger partial charge in [0.1, 0.15) is 0 Å². The Balaban J connectivity index is 1.49. The molecule has 1 unspecified atom stereocenters. The van der Waals surface area contributed by atoms with Crippen molar-refractivity contribution >= 4 is 0 Å². The van der Waals surface area contributed by atoms with Gasteiger partial charge in [-0.15, -0.1) is 0 Å². The maximum absolute atomic E-state index is 5.36. The molecule has 2 saturated heterocycles. The fraction of sp³-hybridized carbons (Fsp3) is 0.643. The summed E-state index contributed by atoms with van der Waals surface area (Å²) in [5.74, 6) is 6.15. The Kier molecular flexibility index (Phi) is 2.55. The van der Waals surface area contributed by atoms with Crippen LogP contribution in [0.15, 0.2) is 12.3 Å². The number of nitrogens with zero attached hydrogens (tertiary/aromatic N) is 2. The van der Waals surface area contributed by atoms with E-state index in [9.17, 15) is 0 Å². The zero-order valence-electron chi connectivity index (χ0n) is 11.0. The molecule has 1 aliphatic carbocycles. The maximum Gasteiger partial charge on any atom is 0.153 e. The first-order valence-electron chi connectivity index (χ1n) is 6.95. The van der Waals surface area contributed by atoms with E-state index in [4.69, 9.17) is 15.5 Å². The Morgan fingerprint density at radius 3 is 2.95 bits per heavy atom. The van der Waals surface area contributed by atoms with E-state index in [1.165, 1.54) is 25.1 Å². The van der Waals surface area contributed by atoms with Crippen molar-refractivity contribution in [2.45, 2.75) is 25.3 Å². The number of pyridine rings is 1. The van der Waals surface area contributed by atoms with Gasteiger partial charge in [0.05, 0.1) is 13.2 Å². The number of ether oxygens (including phenoxy) is 1. The van der Waals surface area contributed by atoms with Crippen molar-refractivity contribution in [1.82, 2.24) is 9.88 Å². The molecule has 5 heteroatoms. The Morgan fingerprint density at radius 1 is 1.42 bits per heavy atom. The van der Waals surface area contributed by atoms with Crippen molar-refractivity contribution in [2.24, 2.45) is 11.3 Å². The number of rotatable bonds is 2. The van der Waals surface area contributed by atoms with Crippen molar-refractivity contribution in [3.63, 3.8) is 0 Å². The molecule has 0 bridgehead atoms. The fourth-order valence-corrected chi connectivity index (χ4v) is 3.66. The van der Waals surface area contributed by atoms with Gasteiger partial charge in [-0.25, -0.2) is 0 Å². The van der Waals surface area contributed by atoms with Gasteiger partial charge in [-0.1, -0.05) is 0 Å². The number of aromatic nitrogens is 1. The number of fused-ring (bicyclic) bond motifs is 1. The molecule has 2 N–H and O–H groups in total. The summed E-state index contributed by atoms with van der Waals surface area (Å²) in [5, 5.41) is 0. The predicted octanol–water partition coefficient (Wildman–Crippen LogP) is 0.524. The van der Waals surface area contributed by atoms with Crippen molar-refractivity contribution in [1.29, 1.82) is 0 Å². The van der Waals surface area contributed by atoms with Crippen LogP contribution in [0.3, 0.4) is 0 Å². The van der Waals surface area contributed by atoms with Crippen LogP contribution in [-0.2, 0) is 17.6 Å². The Morgan fingerprint density at radius 2 is 2.26 bits per heavy atom. The highest BCUT2D eigenvalue weighted by molar-refractivity contribution is 5.38. The van der Waals surface area contributed by atoms with E-state index >= 15 is 0 Å². The van der Waals surface area contributed by atoms with Gasteiger partial charge in [-0.3, -0.25) is 9.88 Å². The summed E-state index contributed by atoms with van der Waals surface area (Å²) >= 11 is 0. The highest BCUT2D eigenvalue weighted by Crippen LogP contribution is 2.41. The first-order chi connectivity index (χ1) is 9.30. The molecule has 1 spiro atoms.